The summed E-state index contributed by atoms with van der Waals surface area (Å²) in [4.78, 5) is 0. The van der Waals surface area contributed by atoms with Gasteiger partial charge in [-0.1, -0.05) is 61.5 Å². The minimum Gasteiger partial charge on any atom is -0.310 e. The number of nitrogens with one attached hydrogen (secondary N) is 1. The highest BCUT2D eigenvalue weighted by atomic mass is 79.9. The van der Waals surface area contributed by atoms with Crippen LogP contribution in [0.2, 0.25) is 0 Å². The van der Waals surface area contributed by atoms with Crippen LogP contribution < -0.4 is 5.32 Å². The number of unbranched alkanes of at least 4 members (excludes halogenated alkanes) is 3. The zero-order chi connectivity index (χ0) is 13.4. The molecule has 102 valence electrons. The molecule has 0 aliphatic heterocycles. The van der Waals surface area contributed by atoms with Crippen molar-refractivity contribution in [2.45, 2.75) is 52.0 Å². The minimum absolute atomic E-state index is 0.120. The second-order valence-corrected chi connectivity index (χ2v) is 5.54. The van der Waals surface area contributed by atoms with Gasteiger partial charge in [0.2, 0.25) is 0 Å². The standard InChI is InChI=1S/C15H23BrFN/c1-3-5-6-7-8-15(18-4-2)13-10-9-12(16)11-14(13)17/h9-11,15,18H,3-8H2,1-2H3. The highest BCUT2D eigenvalue weighted by molar-refractivity contribution is 9.10. The van der Waals surface area contributed by atoms with Crippen molar-refractivity contribution in [1.82, 2.24) is 5.32 Å². The third-order valence-corrected chi connectivity index (χ3v) is 3.63. The summed E-state index contributed by atoms with van der Waals surface area (Å²) >= 11 is 3.30. The number of rotatable bonds is 8. The van der Waals surface area contributed by atoms with Crippen LogP contribution in [-0.4, -0.2) is 6.54 Å². The molecule has 0 saturated heterocycles. The largest absolute Gasteiger partial charge is 0.310 e. The molecule has 1 N–H and O–H groups in total. The smallest absolute Gasteiger partial charge is 0.129 e. The van der Waals surface area contributed by atoms with E-state index in [-0.39, 0.29) is 11.9 Å². The lowest BCUT2D eigenvalue weighted by atomic mass is 9.99. The summed E-state index contributed by atoms with van der Waals surface area (Å²) in [5.74, 6) is -0.120. The van der Waals surface area contributed by atoms with E-state index in [1.807, 2.05) is 12.1 Å². The third-order valence-electron chi connectivity index (χ3n) is 3.13. The van der Waals surface area contributed by atoms with Gasteiger partial charge >= 0.3 is 0 Å². The third kappa shape index (κ3) is 5.07. The highest BCUT2D eigenvalue weighted by Crippen LogP contribution is 2.25. The van der Waals surface area contributed by atoms with Gasteiger partial charge in [0.25, 0.3) is 0 Å². The van der Waals surface area contributed by atoms with Gasteiger partial charge in [0, 0.05) is 16.1 Å². The zero-order valence-electron chi connectivity index (χ0n) is 11.3. The molecule has 0 radical (unpaired) electrons. The van der Waals surface area contributed by atoms with E-state index >= 15 is 0 Å². The molecule has 0 amide bonds. The predicted molar refractivity (Wildman–Crippen MR) is 79.3 cm³/mol. The van der Waals surface area contributed by atoms with Gasteiger partial charge in [-0.05, 0) is 25.1 Å². The Labute approximate surface area is 118 Å². The maximum Gasteiger partial charge on any atom is 0.129 e. The average Bonchev–Trinajstić information content (AvgIpc) is 2.34. The lowest BCUT2D eigenvalue weighted by molar-refractivity contribution is 0.461. The molecule has 3 heteroatoms. The summed E-state index contributed by atoms with van der Waals surface area (Å²) < 4.78 is 14.7. The summed E-state index contributed by atoms with van der Waals surface area (Å²) in [5, 5.41) is 3.38. The lowest BCUT2D eigenvalue weighted by Gasteiger charge is -2.19. The Balaban J connectivity index is 2.64. The number of hydrogen-bond acceptors (Lipinski definition) is 1. The summed E-state index contributed by atoms with van der Waals surface area (Å²) in [6.07, 6.45) is 5.89. The van der Waals surface area contributed by atoms with E-state index in [4.69, 9.17) is 0 Å². The average molecular weight is 316 g/mol. The second-order valence-electron chi connectivity index (χ2n) is 4.63. The molecule has 1 aromatic rings. The highest BCUT2D eigenvalue weighted by Gasteiger charge is 2.14. The van der Waals surface area contributed by atoms with E-state index in [0.717, 1.165) is 29.4 Å². The summed E-state index contributed by atoms with van der Waals surface area (Å²) in [5.41, 5.74) is 0.788. The molecule has 0 spiro atoms. The van der Waals surface area contributed by atoms with E-state index in [9.17, 15) is 4.39 Å². The van der Waals surface area contributed by atoms with Crippen molar-refractivity contribution in [2.75, 3.05) is 6.54 Å². The van der Waals surface area contributed by atoms with E-state index in [0.29, 0.717) is 0 Å². The van der Waals surface area contributed by atoms with Crippen molar-refractivity contribution in [3.05, 3.63) is 34.1 Å². The monoisotopic (exact) mass is 315 g/mol. The van der Waals surface area contributed by atoms with E-state index in [2.05, 4.69) is 35.1 Å². The van der Waals surface area contributed by atoms with Crippen LogP contribution in [0.4, 0.5) is 4.39 Å². The van der Waals surface area contributed by atoms with Crippen LogP contribution in [0.15, 0.2) is 22.7 Å². The molecule has 0 aliphatic rings. The molecule has 0 saturated carbocycles. The van der Waals surface area contributed by atoms with Crippen LogP contribution in [-0.2, 0) is 0 Å². The fraction of sp³-hybridized carbons (Fsp3) is 0.600. The Hall–Kier alpha value is -0.410. The van der Waals surface area contributed by atoms with Gasteiger partial charge in [0.05, 0.1) is 0 Å². The van der Waals surface area contributed by atoms with Crippen molar-refractivity contribution in [3.8, 4) is 0 Å². The molecule has 1 atom stereocenters. The topological polar surface area (TPSA) is 12.0 Å². The first-order valence-corrected chi connectivity index (χ1v) is 7.66. The van der Waals surface area contributed by atoms with E-state index < -0.39 is 0 Å². The summed E-state index contributed by atoms with van der Waals surface area (Å²) in [6.45, 7) is 5.14. The SMILES string of the molecule is CCCCCCC(NCC)c1ccc(Br)cc1F. The van der Waals surface area contributed by atoms with Crippen molar-refractivity contribution in [2.24, 2.45) is 0 Å². The Morgan fingerprint density at radius 1 is 1.22 bits per heavy atom. The minimum atomic E-state index is -0.120. The maximum absolute atomic E-state index is 13.9. The molecule has 0 fully saturated rings. The van der Waals surface area contributed by atoms with Crippen LogP contribution in [0.3, 0.4) is 0 Å². The molecule has 1 rings (SSSR count). The van der Waals surface area contributed by atoms with Crippen LogP contribution >= 0.6 is 15.9 Å². The predicted octanol–water partition coefficient (Wildman–Crippen LogP) is 5.21. The summed E-state index contributed by atoms with van der Waals surface area (Å²) in [6, 6.07) is 5.48. The Morgan fingerprint density at radius 2 is 2.00 bits per heavy atom. The van der Waals surface area contributed by atoms with Crippen molar-refractivity contribution < 1.29 is 4.39 Å². The normalized spacial score (nSPS) is 12.7. The molecule has 18 heavy (non-hydrogen) atoms. The quantitative estimate of drug-likeness (QED) is 0.649. The molecular formula is C15H23BrFN. The number of benzene rings is 1. The number of hydrogen-bond donors (Lipinski definition) is 1. The van der Waals surface area contributed by atoms with Gasteiger partial charge in [0.1, 0.15) is 5.82 Å². The van der Waals surface area contributed by atoms with Gasteiger partial charge in [0.15, 0.2) is 0 Å². The fourth-order valence-electron chi connectivity index (χ4n) is 2.17. The van der Waals surface area contributed by atoms with Gasteiger partial charge in [-0.15, -0.1) is 0 Å². The first kappa shape index (κ1) is 15.6. The van der Waals surface area contributed by atoms with Crippen molar-refractivity contribution in [3.63, 3.8) is 0 Å². The van der Waals surface area contributed by atoms with Crippen LogP contribution in [0.25, 0.3) is 0 Å². The zero-order valence-corrected chi connectivity index (χ0v) is 12.9. The molecule has 1 aromatic carbocycles. The molecule has 1 nitrogen and oxygen atoms in total. The Kier molecular flexibility index (Phi) is 7.52. The first-order chi connectivity index (χ1) is 8.69. The summed E-state index contributed by atoms with van der Waals surface area (Å²) in [7, 11) is 0. The molecule has 1 unspecified atom stereocenters. The van der Waals surface area contributed by atoms with Crippen LogP contribution in [0.5, 0.6) is 0 Å². The van der Waals surface area contributed by atoms with Gasteiger partial charge in [-0.3, -0.25) is 0 Å². The van der Waals surface area contributed by atoms with Gasteiger partial charge in [-0.2, -0.15) is 0 Å². The van der Waals surface area contributed by atoms with E-state index in [1.54, 1.807) is 6.07 Å². The second kappa shape index (κ2) is 8.65. The van der Waals surface area contributed by atoms with Crippen molar-refractivity contribution >= 4 is 15.9 Å². The molecule has 0 bridgehead atoms. The Bertz CT molecular complexity index is 354. The molecular weight excluding hydrogens is 293 g/mol. The lowest BCUT2D eigenvalue weighted by Crippen LogP contribution is -2.21. The van der Waals surface area contributed by atoms with Crippen LogP contribution in [0, 0.1) is 5.82 Å². The van der Waals surface area contributed by atoms with E-state index in [1.165, 1.54) is 19.3 Å². The van der Waals surface area contributed by atoms with Crippen LogP contribution in [0.1, 0.15) is 57.6 Å². The fourth-order valence-corrected chi connectivity index (χ4v) is 2.51. The molecule has 0 heterocycles. The molecule has 0 aliphatic carbocycles. The number of halogens is 2. The molecule has 0 aromatic heterocycles. The maximum atomic E-state index is 13.9. The van der Waals surface area contributed by atoms with Gasteiger partial charge in [-0.25, -0.2) is 4.39 Å². The van der Waals surface area contributed by atoms with Crippen molar-refractivity contribution in [1.29, 1.82) is 0 Å². The Morgan fingerprint density at radius 3 is 2.61 bits per heavy atom. The first-order valence-electron chi connectivity index (χ1n) is 6.87. The van der Waals surface area contributed by atoms with Gasteiger partial charge < -0.3 is 5.32 Å².